The first-order chi connectivity index (χ1) is 8.96. The summed E-state index contributed by atoms with van der Waals surface area (Å²) in [5.74, 6) is 6.27. The lowest BCUT2D eigenvalue weighted by molar-refractivity contribution is -0.131. The fourth-order valence-corrected chi connectivity index (χ4v) is 1.64. The van der Waals surface area contributed by atoms with Crippen molar-refractivity contribution < 1.29 is 19.0 Å². The van der Waals surface area contributed by atoms with Crippen LogP contribution in [-0.4, -0.2) is 39.3 Å². The van der Waals surface area contributed by atoms with Crippen molar-refractivity contribution in [1.82, 2.24) is 5.01 Å². The van der Waals surface area contributed by atoms with Gasteiger partial charge in [-0.1, -0.05) is 0 Å². The highest BCUT2D eigenvalue weighted by Gasteiger charge is 2.22. The number of hydrogen-bond acceptors (Lipinski definition) is 6. The van der Waals surface area contributed by atoms with Crippen LogP contribution in [0.4, 0.5) is 0 Å². The van der Waals surface area contributed by atoms with Crippen molar-refractivity contribution >= 4 is 5.91 Å². The number of hydrogen-bond donors (Lipinski definition) is 2. The van der Waals surface area contributed by atoms with Crippen molar-refractivity contribution in [2.75, 3.05) is 28.4 Å². The van der Waals surface area contributed by atoms with Crippen LogP contribution in [0.15, 0.2) is 12.1 Å². The first kappa shape index (κ1) is 15.1. The molecule has 0 spiro atoms. The van der Waals surface area contributed by atoms with Gasteiger partial charge in [-0.3, -0.25) is 9.80 Å². The number of likely N-dealkylation sites (N-methyl/N-ethyl adjacent to an activating group) is 1. The summed E-state index contributed by atoms with van der Waals surface area (Å²) < 4.78 is 15.6. The molecule has 1 atom stereocenters. The Hall–Kier alpha value is -1.99. The van der Waals surface area contributed by atoms with E-state index >= 15 is 0 Å². The van der Waals surface area contributed by atoms with Gasteiger partial charge in [0, 0.05) is 7.05 Å². The van der Waals surface area contributed by atoms with Crippen LogP contribution in [0.1, 0.15) is 11.6 Å². The van der Waals surface area contributed by atoms with Gasteiger partial charge in [0.2, 0.25) is 5.75 Å². The van der Waals surface area contributed by atoms with Crippen LogP contribution >= 0.6 is 0 Å². The maximum atomic E-state index is 11.8. The molecule has 1 rings (SSSR count). The number of carbonyl (C=O) groups is 1. The summed E-state index contributed by atoms with van der Waals surface area (Å²) in [7, 11) is 5.91. The summed E-state index contributed by atoms with van der Waals surface area (Å²) in [5.41, 5.74) is 6.38. The van der Waals surface area contributed by atoms with Gasteiger partial charge >= 0.3 is 0 Å². The van der Waals surface area contributed by atoms with Crippen LogP contribution in [0.3, 0.4) is 0 Å². The van der Waals surface area contributed by atoms with Gasteiger partial charge in [-0.2, -0.15) is 0 Å². The van der Waals surface area contributed by atoms with Crippen LogP contribution in [-0.2, 0) is 4.79 Å². The number of nitrogens with two attached hydrogens (primary N) is 2. The quantitative estimate of drug-likeness (QED) is 0.445. The van der Waals surface area contributed by atoms with Crippen molar-refractivity contribution in [3.8, 4) is 17.2 Å². The molecule has 1 aromatic rings. The zero-order chi connectivity index (χ0) is 14.6. The van der Waals surface area contributed by atoms with Gasteiger partial charge in [0.25, 0.3) is 5.91 Å². The molecule has 0 fully saturated rings. The highest BCUT2D eigenvalue weighted by Crippen LogP contribution is 2.39. The predicted molar refractivity (Wildman–Crippen MR) is 70.0 cm³/mol. The molecule has 0 aliphatic carbocycles. The van der Waals surface area contributed by atoms with Gasteiger partial charge in [-0.05, 0) is 17.7 Å². The molecule has 0 aromatic heterocycles. The molecule has 0 saturated heterocycles. The zero-order valence-corrected chi connectivity index (χ0v) is 11.5. The molecule has 4 N–H and O–H groups in total. The fourth-order valence-electron chi connectivity index (χ4n) is 1.64. The molecule has 0 saturated carbocycles. The van der Waals surface area contributed by atoms with E-state index in [0.717, 1.165) is 5.01 Å². The second-order valence-corrected chi connectivity index (χ2v) is 3.89. The molecular formula is C12H19N3O4. The van der Waals surface area contributed by atoms with Gasteiger partial charge < -0.3 is 19.9 Å². The van der Waals surface area contributed by atoms with Crippen molar-refractivity contribution in [2.45, 2.75) is 6.04 Å². The first-order valence-electron chi connectivity index (χ1n) is 5.54. The van der Waals surface area contributed by atoms with Crippen LogP contribution in [0.25, 0.3) is 0 Å². The summed E-state index contributed by atoms with van der Waals surface area (Å²) in [6.45, 7) is 0. The molecule has 0 aliphatic rings. The molecule has 0 radical (unpaired) electrons. The summed E-state index contributed by atoms with van der Waals surface area (Å²) in [5, 5.41) is 0.938. The molecule has 19 heavy (non-hydrogen) atoms. The number of methoxy groups -OCH3 is 3. The Morgan fingerprint density at radius 2 is 1.63 bits per heavy atom. The van der Waals surface area contributed by atoms with Crippen LogP contribution in [0, 0.1) is 0 Å². The predicted octanol–water partition coefficient (Wildman–Crippen LogP) is 0.0443. The molecule has 0 aliphatic heterocycles. The minimum Gasteiger partial charge on any atom is -0.493 e. The second-order valence-electron chi connectivity index (χ2n) is 3.89. The number of hydrazine groups is 1. The largest absolute Gasteiger partial charge is 0.493 e. The van der Waals surface area contributed by atoms with E-state index in [1.54, 1.807) is 12.1 Å². The van der Waals surface area contributed by atoms with Gasteiger partial charge in [0.15, 0.2) is 11.5 Å². The molecule has 0 heterocycles. The van der Waals surface area contributed by atoms with Crippen molar-refractivity contribution in [3.05, 3.63) is 17.7 Å². The van der Waals surface area contributed by atoms with Crippen LogP contribution < -0.4 is 25.8 Å². The first-order valence-corrected chi connectivity index (χ1v) is 5.54. The third kappa shape index (κ3) is 3.07. The van der Waals surface area contributed by atoms with E-state index in [9.17, 15) is 4.79 Å². The maximum absolute atomic E-state index is 11.8. The van der Waals surface area contributed by atoms with Crippen molar-refractivity contribution in [1.29, 1.82) is 0 Å². The van der Waals surface area contributed by atoms with Crippen LogP contribution in [0.2, 0.25) is 0 Å². The monoisotopic (exact) mass is 269 g/mol. The molecule has 1 amide bonds. The fraction of sp³-hybridized carbons (Fsp3) is 0.417. The highest BCUT2D eigenvalue weighted by molar-refractivity contribution is 5.82. The standard InChI is InChI=1S/C12H19N3O4/c1-15(14)12(16)10(13)7-5-8(17-2)11(19-4)9(6-7)18-3/h5-6,10H,13-14H2,1-4H3. The molecule has 1 aromatic carbocycles. The molecule has 7 heteroatoms. The van der Waals surface area contributed by atoms with Crippen molar-refractivity contribution in [2.24, 2.45) is 11.6 Å². The molecule has 7 nitrogen and oxygen atoms in total. The van der Waals surface area contributed by atoms with E-state index in [2.05, 4.69) is 0 Å². The number of amides is 1. The Labute approximate surface area is 112 Å². The third-order valence-electron chi connectivity index (χ3n) is 2.66. The lowest BCUT2D eigenvalue weighted by Gasteiger charge is -2.19. The Morgan fingerprint density at radius 1 is 1.16 bits per heavy atom. The van der Waals surface area contributed by atoms with E-state index in [4.69, 9.17) is 25.8 Å². The van der Waals surface area contributed by atoms with Gasteiger partial charge in [-0.25, -0.2) is 5.84 Å². The summed E-state index contributed by atoms with van der Waals surface area (Å²) >= 11 is 0. The molecule has 1 unspecified atom stereocenters. The zero-order valence-electron chi connectivity index (χ0n) is 11.5. The maximum Gasteiger partial charge on any atom is 0.257 e. The topological polar surface area (TPSA) is 100 Å². The van der Waals surface area contributed by atoms with Crippen LogP contribution in [0.5, 0.6) is 17.2 Å². The van der Waals surface area contributed by atoms with E-state index < -0.39 is 11.9 Å². The Balaban J connectivity index is 3.26. The minimum atomic E-state index is -0.899. The van der Waals surface area contributed by atoms with E-state index in [1.807, 2.05) is 0 Å². The molecule has 106 valence electrons. The normalized spacial score (nSPS) is 11.7. The summed E-state index contributed by atoms with van der Waals surface area (Å²) in [4.78, 5) is 11.8. The second kappa shape index (κ2) is 6.26. The van der Waals surface area contributed by atoms with Gasteiger partial charge in [-0.15, -0.1) is 0 Å². The lowest BCUT2D eigenvalue weighted by atomic mass is 10.1. The smallest absolute Gasteiger partial charge is 0.257 e. The van der Waals surface area contributed by atoms with Gasteiger partial charge in [0.1, 0.15) is 6.04 Å². The Kier molecular flexibility index (Phi) is 4.96. The summed E-state index contributed by atoms with van der Waals surface area (Å²) in [6, 6.07) is 2.34. The SMILES string of the molecule is COc1cc(C(N)C(=O)N(C)N)cc(OC)c1OC. The van der Waals surface area contributed by atoms with Gasteiger partial charge in [0.05, 0.1) is 21.3 Å². The Morgan fingerprint density at radius 3 is 1.95 bits per heavy atom. The third-order valence-corrected chi connectivity index (χ3v) is 2.66. The van der Waals surface area contributed by atoms with E-state index in [1.165, 1.54) is 28.4 Å². The average molecular weight is 269 g/mol. The van der Waals surface area contributed by atoms with E-state index in [-0.39, 0.29) is 0 Å². The lowest BCUT2D eigenvalue weighted by Crippen LogP contribution is -2.40. The number of benzene rings is 1. The highest BCUT2D eigenvalue weighted by atomic mass is 16.5. The number of rotatable bonds is 5. The van der Waals surface area contributed by atoms with E-state index in [0.29, 0.717) is 22.8 Å². The molecule has 0 bridgehead atoms. The average Bonchev–Trinajstić information content (AvgIpc) is 2.43. The molecular weight excluding hydrogens is 250 g/mol. The number of carbonyl (C=O) groups excluding carboxylic acids is 1. The number of ether oxygens (including phenoxy) is 3. The Bertz CT molecular complexity index is 437. The number of nitrogens with zero attached hydrogens (tertiary/aromatic N) is 1. The van der Waals surface area contributed by atoms with Crippen molar-refractivity contribution in [3.63, 3.8) is 0 Å². The minimum absolute atomic E-state index is 0.422. The summed E-state index contributed by atoms with van der Waals surface area (Å²) in [6.07, 6.45) is 0.